The summed E-state index contributed by atoms with van der Waals surface area (Å²) >= 11 is 1.24. The molecule has 0 spiro atoms. The zero-order chi connectivity index (χ0) is 21.6. The van der Waals surface area contributed by atoms with Crippen LogP contribution in [-0.2, 0) is 16.0 Å². The molecule has 2 aromatic rings. The normalized spacial score (nSPS) is 20.4. The maximum Gasteiger partial charge on any atom is 0.240 e. The van der Waals surface area contributed by atoms with Crippen molar-refractivity contribution in [1.82, 2.24) is 5.32 Å². The fraction of sp³-hybridized carbons (Fsp3) is 0.304. The van der Waals surface area contributed by atoms with E-state index in [4.69, 9.17) is 4.74 Å². The molecule has 0 aromatic heterocycles. The summed E-state index contributed by atoms with van der Waals surface area (Å²) in [5.41, 5.74) is 3.99. The molecule has 1 fully saturated rings. The third-order valence-electron chi connectivity index (χ3n) is 5.05. The predicted molar refractivity (Wildman–Crippen MR) is 124 cm³/mol. The van der Waals surface area contributed by atoms with E-state index in [-0.39, 0.29) is 18.2 Å². The second kappa shape index (κ2) is 9.78. The van der Waals surface area contributed by atoms with Crippen LogP contribution < -0.4 is 15.4 Å². The maximum absolute atomic E-state index is 12.4. The van der Waals surface area contributed by atoms with Crippen LogP contribution in [0.4, 0.5) is 5.69 Å². The molecule has 4 rings (SSSR count). The molecule has 8 heteroatoms. The molecule has 31 heavy (non-hydrogen) atoms. The Balaban J connectivity index is 1.35. The smallest absolute Gasteiger partial charge is 0.240 e. The summed E-state index contributed by atoms with van der Waals surface area (Å²) in [4.78, 5) is 24.7. The number of nitrogens with one attached hydrogen (secondary N) is 2. The monoisotopic (exact) mass is 436 g/mol. The number of amides is 2. The number of ether oxygens (including phenoxy) is 1. The summed E-state index contributed by atoms with van der Waals surface area (Å²) < 4.78 is 5.39. The fourth-order valence-corrected chi connectivity index (χ4v) is 4.50. The van der Waals surface area contributed by atoms with Crippen molar-refractivity contribution < 1.29 is 14.3 Å². The Morgan fingerprint density at radius 3 is 2.77 bits per heavy atom. The van der Waals surface area contributed by atoms with Crippen LogP contribution in [0.1, 0.15) is 37.3 Å². The van der Waals surface area contributed by atoms with E-state index in [1.54, 1.807) is 24.3 Å². The van der Waals surface area contributed by atoms with Crippen molar-refractivity contribution >= 4 is 40.1 Å². The summed E-state index contributed by atoms with van der Waals surface area (Å²) in [5.74, 6) is 0.287. The Hall–Kier alpha value is -3.13. The number of thioether (sulfide) groups is 1. The molecule has 0 saturated carbocycles. The fourth-order valence-electron chi connectivity index (χ4n) is 3.58. The van der Waals surface area contributed by atoms with Crippen molar-refractivity contribution in [3.63, 3.8) is 0 Å². The second-order valence-electron chi connectivity index (χ2n) is 7.27. The summed E-state index contributed by atoms with van der Waals surface area (Å²) in [6, 6.07) is 15.3. The van der Waals surface area contributed by atoms with Gasteiger partial charge in [-0.1, -0.05) is 36.0 Å². The van der Waals surface area contributed by atoms with Gasteiger partial charge in [-0.25, -0.2) is 0 Å². The van der Waals surface area contributed by atoms with E-state index in [2.05, 4.69) is 33.0 Å². The van der Waals surface area contributed by atoms with Crippen LogP contribution in [0, 0.1) is 0 Å². The SMILES string of the molecule is CCOc1ccc(NC(=O)CC2SC(=NN=C3CCCc4ccccc43)NC2=O)cc1. The van der Waals surface area contributed by atoms with E-state index in [0.29, 0.717) is 17.5 Å². The molecule has 2 amide bonds. The third-order valence-corrected chi connectivity index (χ3v) is 6.12. The minimum atomic E-state index is -0.528. The average Bonchev–Trinajstić information content (AvgIpc) is 3.12. The largest absolute Gasteiger partial charge is 0.494 e. The first-order valence-electron chi connectivity index (χ1n) is 10.4. The Bertz CT molecular complexity index is 1030. The number of hydrogen-bond donors (Lipinski definition) is 2. The van der Waals surface area contributed by atoms with Gasteiger partial charge in [0.05, 0.1) is 12.3 Å². The lowest BCUT2D eigenvalue weighted by molar-refractivity contribution is -0.122. The van der Waals surface area contributed by atoms with Gasteiger partial charge in [-0.15, -0.1) is 5.10 Å². The molecule has 0 bridgehead atoms. The molecule has 1 saturated heterocycles. The van der Waals surface area contributed by atoms with Gasteiger partial charge in [0.25, 0.3) is 0 Å². The van der Waals surface area contributed by atoms with Gasteiger partial charge < -0.3 is 15.4 Å². The van der Waals surface area contributed by atoms with Crippen LogP contribution in [0.25, 0.3) is 0 Å². The minimum absolute atomic E-state index is 0.0577. The topological polar surface area (TPSA) is 92.2 Å². The molecular weight excluding hydrogens is 412 g/mol. The molecule has 1 unspecified atom stereocenters. The third kappa shape index (κ3) is 5.32. The van der Waals surface area contributed by atoms with Gasteiger partial charge in [0, 0.05) is 17.7 Å². The van der Waals surface area contributed by atoms with Crippen LogP contribution in [0.5, 0.6) is 5.75 Å². The van der Waals surface area contributed by atoms with Crippen molar-refractivity contribution in [2.24, 2.45) is 10.2 Å². The van der Waals surface area contributed by atoms with Gasteiger partial charge in [-0.3, -0.25) is 9.59 Å². The molecule has 0 radical (unpaired) electrons. The van der Waals surface area contributed by atoms with Gasteiger partial charge in [0.15, 0.2) is 5.17 Å². The Labute approximate surface area is 185 Å². The number of anilines is 1. The Morgan fingerprint density at radius 2 is 1.97 bits per heavy atom. The van der Waals surface area contributed by atoms with E-state index in [1.807, 2.05) is 19.1 Å². The van der Waals surface area contributed by atoms with Crippen molar-refractivity contribution in [3.05, 3.63) is 59.7 Å². The number of aryl methyl sites for hydroxylation is 1. The van der Waals surface area contributed by atoms with E-state index < -0.39 is 5.25 Å². The highest BCUT2D eigenvalue weighted by molar-refractivity contribution is 8.15. The van der Waals surface area contributed by atoms with Gasteiger partial charge >= 0.3 is 0 Å². The van der Waals surface area contributed by atoms with E-state index in [0.717, 1.165) is 36.3 Å². The number of carbonyl (C=O) groups is 2. The highest BCUT2D eigenvalue weighted by atomic mass is 32.2. The van der Waals surface area contributed by atoms with Crippen LogP contribution in [-0.4, -0.2) is 34.6 Å². The highest BCUT2D eigenvalue weighted by Crippen LogP contribution is 2.25. The molecule has 1 atom stereocenters. The lowest BCUT2D eigenvalue weighted by Crippen LogP contribution is -2.28. The molecule has 2 aromatic carbocycles. The lowest BCUT2D eigenvalue weighted by Gasteiger charge is -2.16. The molecular formula is C23H24N4O3S. The lowest BCUT2D eigenvalue weighted by atomic mass is 9.90. The minimum Gasteiger partial charge on any atom is -0.494 e. The zero-order valence-electron chi connectivity index (χ0n) is 17.3. The molecule has 1 aliphatic carbocycles. The first-order chi connectivity index (χ1) is 15.1. The Kier molecular flexibility index (Phi) is 6.66. The number of benzene rings is 2. The molecule has 1 heterocycles. The summed E-state index contributed by atoms with van der Waals surface area (Å²) in [6.07, 6.45) is 3.00. The summed E-state index contributed by atoms with van der Waals surface area (Å²) in [6.45, 7) is 2.50. The van der Waals surface area contributed by atoms with Crippen molar-refractivity contribution in [2.75, 3.05) is 11.9 Å². The zero-order valence-corrected chi connectivity index (χ0v) is 18.1. The second-order valence-corrected chi connectivity index (χ2v) is 8.46. The maximum atomic E-state index is 12.4. The van der Waals surface area contributed by atoms with Crippen molar-refractivity contribution in [3.8, 4) is 5.75 Å². The molecule has 7 nitrogen and oxygen atoms in total. The number of amidine groups is 1. The highest BCUT2D eigenvalue weighted by Gasteiger charge is 2.32. The average molecular weight is 437 g/mol. The van der Waals surface area contributed by atoms with Gasteiger partial charge in [0.2, 0.25) is 11.8 Å². The summed E-state index contributed by atoms with van der Waals surface area (Å²) in [5, 5.41) is 14.1. The standard InChI is InChI=1S/C23H24N4O3S/c1-2-30-17-12-10-16(11-13-17)24-21(28)14-20-22(29)25-23(31-20)27-26-19-9-5-7-15-6-3-4-8-18(15)19/h3-4,6,8,10-13,20H,2,5,7,9,14H2,1H3,(H,24,28)(H,25,27,29). The molecule has 1 aliphatic heterocycles. The van der Waals surface area contributed by atoms with Crippen LogP contribution >= 0.6 is 11.8 Å². The first-order valence-corrected chi connectivity index (χ1v) is 11.2. The van der Waals surface area contributed by atoms with Crippen LogP contribution in [0.3, 0.4) is 0 Å². The molecule has 160 valence electrons. The van der Waals surface area contributed by atoms with Gasteiger partial charge in [-0.05, 0) is 56.0 Å². The number of fused-ring (bicyclic) bond motifs is 1. The number of hydrogen-bond acceptors (Lipinski definition) is 6. The van der Waals surface area contributed by atoms with Gasteiger partial charge in [0.1, 0.15) is 11.0 Å². The van der Waals surface area contributed by atoms with E-state index in [1.165, 1.54) is 17.3 Å². The van der Waals surface area contributed by atoms with Gasteiger partial charge in [-0.2, -0.15) is 5.10 Å². The van der Waals surface area contributed by atoms with E-state index >= 15 is 0 Å². The first kappa shape index (κ1) is 21.1. The Morgan fingerprint density at radius 1 is 1.16 bits per heavy atom. The summed E-state index contributed by atoms with van der Waals surface area (Å²) in [7, 11) is 0. The number of carbonyl (C=O) groups excluding carboxylic acids is 2. The van der Waals surface area contributed by atoms with Crippen LogP contribution in [0.2, 0.25) is 0 Å². The molecule has 2 aliphatic rings. The number of nitrogens with zero attached hydrogens (tertiary/aromatic N) is 2. The van der Waals surface area contributed by atoms with Crippen LogP contribution in [0.15, 0.2) is 58.7 Å². The quantitative estimate of drug-likeness (QED) is 0.675. The predicted octanol–water partition coefficient (Wildman–Crippen LogP) is 3.74. The number of rotatable bonds is 6. The van der Waals surface area contributed by atoms with E-state index in [9.17, 15) is 9.59 Å². The molecule has 2 N–H and O–H groups in total. The van der Waals surface area contributed by atoms with Crippen molar-refractivity contribution in [2.45, 2.75) is 37.9 Å². The van der Waals surface area contributed by atoms with Crippen molar-refractivity contribution in [1.29, 1.82) is 0 Å².